The highest BCUT2D eigenvalue weighted by Gasteiger charge is 2.28. The Morgan fingerprint density at radius 1 is 1.11 bits per heavy atom. The van der Waals surface area contributed by atoms with Gasteiger partial charge < -0.3 is 9.73 Å². The van der Waals surface area contributed by atoms with E-state index >= 15 is 0 Å². The van der Waals surface area contributed by atoms with Crippen molar-refractivity contribution in [1.29, 1.82) is 0 Å². The summed E-state index contributed by atoms with van der Waals surface area (Å²) < 4.78 is 32.7. The summed E-state index contributed by atoms with van der Waals surface area (Å²) in [5, 5.41) is 2.90. The van der Waals surface area contributed by atoms with Crippen LogP contribution in [-0.4, -0.2) is 31.2 Å². The predicted octanol–water partition coefficient (Wildman–Crippen LogP) is 3.72. The van der Waals surface area contributed by atoms with Crippen LogP contribution in [0, 0.1) is 12.8 Å². The third kappa shape index (κ3) is 6.49. The fourth-order valence-corrected chi connectivity index (χ4v) is 4.16. The topological polar surface area (TPSA) is 79.6 Å². The summed E-state index contributed by atoms with van der Waals surface area (Å²) in [5.74, 6) is 0.714. The van der Waals surface area contributed by atoms with E-state index in [0.29, 0.717) is 11.7 Å². The van der Waals surface area contributed by atoms with E-state index in [0.717, 1.165) is 22.7 Å². The summed E-state index contributed by atoms with van der Waals surface area (Å²) in [6, 6.07) is 9.98. The lowest BCUT2D eigenvalue weighted by Crippen LogP contribution is -2.43. The number of benzene rings is 1. The molecule has 0 aliphatic carbocycles. The summed E-state index contributed by atoms with van der Waals surface area (Å²) in [5.41, 5.74) is 0.966. The summed E-state index contributed by atoms with van der Waals surface area (Å²) >= 11 is 0. The predicted molar refractivity (Wildman–Crippen MR) is 109 cm³/mol. The van der Waals surface area contributed by atoms with Crippen molar-refractivity contribution in [2.24, 2.45) is 5.92 Å². The van der Waals surface area contributed by atoms with Crippen molar-refractivity contribution in [2.45, 2.75) is 58.0 Å². The molecule has 1 amide bonds. The Morgan fingerprint density at radius 2 is 1.79 bits per heavy atom. The highest BCUT2D eigenvalue weighted by atomic mass is 32.2. The van der Waals surface area contributed by atoms with Gasteiger partial charge >= 0.3 is 0 Å². The van der Waals surface area contributed by atoms with Gasteiger partial charge in [-0.1, -0.05) is 31.5 Å². The lowest BCUT2D eigenvalue weighted by Gasteiger charge is -2.22. The Morgan fingerprint density at radius 3 is 2.36 bits per heavy atom. The Kier molecular flexibility index (Phi) is 7.83. The average molecular weight is 407 g/mol. The highest BCUT2D eigenvalue weighted by Crippen LogP contribution is 2.19. The van der Waals surface area contributed by atoms with Crippen molar-refractivity contribution >= 4 is 15.9 Å². The van der Waals surface area contributed by atoms with Gasteiger partial charge in [-0.25, -0.2) is 8.42 Å². The SMILES string of the molecule is Cc1ccc(S(=O)(=O)N(CC(=O)NC(C)CCC(C)C)Cc2ccco2)cc1. The lowest BCUT2D eigenvalue weighted by atomic mass is 10.0. The maximum Gasteiger partial charge on any atom is 0.243 e. The maximum absolute atomic E-state index is 13.1. The molecule has 1 unspecified atom stereocenters. The van der Waals surface area contributed by atoms with E-state index in [1.54, 1.807) is 36.4 Å². The number of carbonyl (C=O) groups is 1. The van der Waals surface area contributed by atoms with Gasteiger partial charge in [0.15, 0.2) is 0 Å². The molecule has 1 atom stereocenters. The minimum atomic E-state index is -3.84. The van der Waals surface area contributed by atoms with Crippen LogP contribution in [0.3, 0.4) is 0 Å². The van der Waals surface area contributed by atoms with E-state index < -0.39 is 10.0 Å². The maximum atomic E-state index is 13.1. The molecule has 0 saturated carbocycles. The van der Waals surface area contributed by atoms with Crippen molar-refractivity contribution in [3.05, 3.63) is 54.0 Å². The first kappa shape index (κ1) is 22.2. The van der Waals surface area contributed by atoms with E-state index in [1.165, 1.54) is 6.26 Å². The van der Waals surface area contributed by atoms with Crippen molar-refractivity contribution in [1.82, 2.24) is 9.62 Å². The zero-order chi connectivity index (χ0) is 20.7. The molecule has 2 aromatic rings. The second kappa shape index (κ2) is 9.89. The van der Waals surface area contributed by atoms with Gasteiger partial charge in [0.1, 0.15) is 5.76 Å². The van der Waals surface area contributed by atoms with Crippen LogP contribution >= 0.6 is 0 Å². The van der Waals surface area contributed by atoms with E-state index in [4.69, 9.17) is 4.42 Å². The number of rotatable bonds is 10. The second-order valence-electron chi connectivity index (χ2n) is 7.61. The molecular weight excluding hydrogens is 376 g/mol. The van der Waals surface area contributed by atoms with Gasteiger partial charge in [0, 0.05) is 6.04 Å². The molecular formula is C21H30N2O4S. The Hall–Kier alpha value is -2.12. The lowest BCUT2D eigenvalue weighted by molar-refractivity contribution is -0.122. The van der Waals surface area contributed by atoms with E-state index in [2.05, 4.69) is 19.2 Å². The van der Waals surface area contributed by atoms with Gasteiger partial charge in [-0.2, -0.15) is 4.31 Å². The third-order valence-electron chi connectivity index (χ3n) is 4.48. The van der Waals surface area contributed by atoms with Gasteiger partial charge in [0.2, 0.25) is 15.9 Å². The van der Waals surface area contributed by atoms with E-state index in [1.807, 2.05) is 13.8 Å². The number of amides is 1. The normalized spacial score (nSPS) is 13.1. The Balaban J connectivity index is 2.15. The molecule has 1 aromatic carbocycles. The molecule has 0 bridgehead atoms. The minimum absolute atomic E-state index is 0.00297. The summed E-state index contributed by atoms with van der Waals surface area (Å²) in [7, 11) is -3.84. The molecule has 0 aliphatic rings. The van der Waals surface area contributed by atoms with Crippen LogP contribution in [-0.2, 0) is 21.4 Å². The number of hydrogen-bond acceptors (Lipinski definition) is 4. The first-order chi connectivity index (χ1) is 13.2. The summed E-state index contributed by atoms with van der Waals surface area (Å²) in [6.45, 7) is 7.83. The number of nitrogens with zero attached hydrogens (tertiary/aromatic N) is 1. The first-order valence-electron chi connectivity index (χ1n) is 9.57. The molecule has 28 heavy (non-hydrogen) atoms. The van der Waals surface area contributed by atoms with Crippen LogP contribution < -0.4 is 5.32 Å². The molecule has 0 saturated heterocycles. The number of furan rings is 1. The number of aryl methyl sites for hydroxylation is 1. The molecule has 2 rings (SSSR count). The molecule has 0 aliphatic heterocycles. The molecule has 1 N–H and O–H groups in total. The molecule has 6 nitrogen and oxygen atoms in total. The Bertz CT molecular complexity index is 843. The molecule has 7 heteroatoms. The van der Waals surface area contributed by atoms with Gasteiger partial charge in [-0.15, -0.1) is 0 Å². The van der Waals surface area contributed by atoms with Crippen LogP contribution in [0.2, 0.25) is 0 Å². The summed E-state index contributed by atoms with van der Waals surface area (Å²) in [4.78, 5) is 12.7. The quantitative estimate of drug-likeness (QED) is 0.652. The zero-order valence-corrected chi connectivity index (χ0v) is 17.8. The number of hydrogen-bond donors (Lipinski definition) is 1. The molecule has 154 valence electrons. The average Bonchev–Trinajstić information content (AvgIpc) is 3.13. The second-order valence-corrected chi connectivity index (χ2v) is 9.54. The first-order valence-corrected chi connectivity index (χ1v) is 11.0. The highest BCUT2D eigenvalue weighted by molar-refractivity contribution is 7.89. The fraction of sp³-hybridized carbons (Fsp3) is 0.476. The number of sulfonamides is 1. The minimum Gasteiger partial charge on any atom is -0.468 e. The van der Waals surface area contributed by atoms with Gasteiger partial charge in [0.05, 0.1) is 24.2 Å². The number of nitrogens with one attached hydrogen (secondary N) is 1. The van der Waals surface area contributed by atoms with Crippen LogP contribution in [0.4, 0.5) is 0 Å². The van der Waals surface area contributed by atoms with Gasteiger partial charge in [-0.05, 0) is 56.9 Å². The third-order valence-corrected chi connectivity index (χ3v) is 6.28. The molecule has 0 fully saturated rings. The van der Waals surface area contributed by atoms with Crippen molar-refractivity contribution in [2.75, 3.05) is 6.54 Å². The monoisotopic (exact) mass is 406 g/mol. The van der Waals surface area contributed by atoms with Crippen molar-refractivity contribution < 1.29 is 17.6 Å². The van der Waals surface area contributed by atoms with Crippen LogP contribution in [0.25, 0.3) is 0 Å². The largest absolute Gasteiger partial charge is 0.468 e. The molecule has 1 aromatic heterocycles. The molecule has 0 radical (unpaired) electrons. The molecule has 0 spiro atoms. The van der Waals surface area contributed by atoms with Gasteiger partial charge in [0.25, 0.3) is 0 Å². The van der Waals surface area contributed by atoms with E-state index in [9.17, 15) is 13.2 Å². The Labute approximate surface area is 168 Å². The van der Waals surface area contributed by atoms with Gasteiger partial charge in [-0.3, -0.25) is 4.79 Å². The van der Waals surface area contributed by atoms with Crippen LogP contribution in [0.1, 0.15) is 44.9 Å². The fourth-order valence-electron chi connectivity index (χ4n) is 2.80. The van der Waals surface area contributed by atoms with Crippen molar-refractivity contribution in [3.63, 3.8) is 0 Å². The molecule has 1 heterocycles. The zero-order valence-electron chi connectivity index (χ0n) is 17.0. The standard InChI is InChI=1S/C21H30N2O4S/c1-16(2)7-10-18(4)22-21(24)15-23(14-19-6-5-13-27-19)28(25,26)20-11-8-17(3)9-12-20/h5-6,8-9,11-13,16,18H,7,10,14-15H2,1-4H3,(H,22,24). The van der Waals surface area contributed by atoms with Crippen molar-refractivity contribution in [3.8, 4) is 0 Å². The summed E-state index contributed by atoms with van der Waals surface area (Å²) in [6.07, 6.45) is 3.34. The van der Waals surface area contributed by atoms with Crippen LogP contribution in [0.5, 0.6) is 0 Å². The number of carbonyl (C=O) groups excluding carboxylic acids is 1. The van der Waals surface area contributed by atoms with Crippen LogP contribution in [0.15, 0.2) is 52.0 Å². The smallest absolute Gasteiger partial charge is 0.243 e. The van der Waals surface area contributed by atoms with E-state index in [-0.39, 0.29) is 29.9 Å².